The fourth-order valence-corrected chi connectivity index (χ4v) is 4.00. The summed E-state index contributed by atoms with van der Waals surface area (Å²) < 4.78 is 0. The highest BCUT2D eigenvalue weighted by Crippen LogP contribution is 2.24. The summed E-state index contributed by atoms with van der Waals surface area (Å²) in [7, 11) is 5.61. The maximum Gasteiger partial charge on any atom is 0.239 e. The highest BCUT2D eigenvalue weighted by Gasteiger charge is 2.33. The van der Waals surface area contributed by atoms with E-state index in [1.807, 2.05) is 33.0 Å². The molecule has 1 unspecified atom stereocenters. The van der Waals surface area contributed by atoms with Crippen molar-refractivity contribution in [2.24, 2.45) is 5.92 Å². The zero-order valence-electron chi connectivity index (χ0n) is 15.3. The van der Waals surface area contributed by atoms with Crippen molar-refractivity contribution in [1.29, 1.82) is 0 Å². The lowest BCUT2D eigenvalue weighted by molar-refractivity contribution is -0.139. The number of carbonyl (C=O) groups is 2. The maximum absolute atomic E-state index is 12.8. The summed E-state index contributed by atoms with van der Waals surface area (Å²) in [6.45, 7) is 3.71. The van der Waals surface area contributed by atoms with Crippen LogP contribution in [0.1, 0.15) is 51.9 Å². The van der Waals surface area contributed by atoms with Crippen LogP contribution in [0.5, 0.6) is 0 Å². The third kappa shape index (κ3) is 4.46. The van der Waals surface area contributed by atoms with Crippen LogP contribution in [0.3, 0.4) is 0 Å². The van der Waals surface area contributed by atoms with Crippen molar-refractivity contribution in [2.45, 2.75) is 64.0 Å². The Morgan fingerprint density at radius 2 is 1.52 bits per heavy atom. The van der Waals surface area contributed by atoms with Gasteiger partial charge in [-0.3, -0.25) is 14.5 Å². The summed E-state index contributed by atoms with van der Waals surface area (Å²) >= 11 is 0. The van der Waals surface area contributed by atoms with Gasteiger partial charge in [0.1, 0.15) is 0 Å². The number of hydrogen-bond acceptors (Lipinski definition) is 3. The zero-order valence-corrected chi connectivity index (χ0v) is 15.3. The first-order valence-corrected chi connectivity index (χ1v) is 9.13. The molecule has 5 nitrogen and oxygen atoms in total. The van der Waals surface area contributed by atoms with Gasteiger partial charge in [0.25, 0.3) is 0 Å². The first kappa shape index (κ1) is 18.2. The number of amides is 2. The minimum absolute atomic E-state index is 0.0719. The molecule has 0 aromatic heterocycles. The van der Waals surface area contributed by atoms with E-state index in [0.717, 1.165) is 38.8 Å². The molecule has 1 saturated heterocycles. The van der Waals surface area contributed by atoms with Crippen molar-refractivity contribution in [2.75, 3.05) is 34.2 Å². The Morgan fingerprint density at radius 3 is 2.04 bits per heavy atom. The molecule has 1 aliphatic carbocycles. The smallest absolute Gasteiger partial charge is 0.239 e. The van der Waals surface area contributed by atoms with Crippen LogP contribution < -0.4 is 0 Å². The maximum atomic E-state index is 12.8. The lowest BCUT2D eigenvalue weighted by Crippen LogP contribution is -2.52. The Balaban J connectivity index is 1.85. The van der Waals surface area contributed by atoms with Crippen molar-refractivity contribution in [3.8, 4) is 0 Å². The Bertz CT molecular complexity index is 410. The molecule has 2 rings (SSSR count). The van der Waals surface area contributed by atoms with Gasteiger partial charge < -0.3 is 9.80 Å². The monoisotopic (exact) mass is 323 g/mol. The second kappa shape index (κ2) is 8.13. The van der Waals surface area contributed by atoms with E-state index in [-0.39, 0.29) is 23.8 Å². The molecule has 23 heavy (non-hydrogen) atoms. The van der Waals surface area contributed by atoms with Gasteiger partial charge in [0, 0.05) is 33.1 Å². The van der Waals surface area contributed by atoms with Crippen molar-refractivity contribution in [3.63, 3.8) is 0 Å². The number of hydrogen-bond donors (Lipinski definition) is 0. The molecular formula is C18H33N3O2. The van der Waals surface area contributed by atoms with E-state index in [9.17, 15) is 9.59 Å². The number of piperidine rings is 1. The summed E-state index contributed by atoms with van der Waals surface area (Å²) in [5.74, 6) is 0.594. The van der Waals surface area contributed by atoms with E-state index in [1.54, 1.807) is 4.90 Å². The summed E-state index contributed by atoms with van der Waals surface area (Å²) in [6.07, 6.45) is 7.82. The normalized spacial score (nSPS) is 22.6. The van der Waals surface area contributed by atoms with Crippen molar-refractivity contribution < 1.29 is 9.59 Å². The van der Waals surface area contributed by atoms with Gasteiger partial charge in [-0.1, -0.05) is 19.3 Å². The predicted octanol–water partition coefficient (Wildman–Crippen LogP) is 1.97. The second-order valence-electron chi connectivity index (χ2n) is 7.46. The fraction of sp³-hybridized carbons (Fsp3) is 0.889. The van der Waals surface area contributed by atoms with E-state index in [2.05, 4.69) is 4.90 Å². The predicted molar refractivity (Wildman–Crippen MR) is 92.1 cm³/mol. The van der Waals surface area contributed by atoms with Gasteiger partial charge in [-0.15, -0.1) is 0 Å². The van der Waals surface area contributed by atoms with E-state index >= 15 is 0 Å². The van der Waals surface area contributed by atoms with Crippen molar-refractivity contribution in [3.05, 3.63) is 0 Å². The fourth-order valence-electron chi connectivity index (χ4n) is 4.00. The van der Waals surface area contributed by atoms with Gasteiger partial charge >= 0.3 is 0 Å². The van der Waals surface area contributed by atoms with Crippen LogP contribution >= 0.6 is 0 Å². The molecule has 2 aliphatic rings. The van der Waals surface area contributed by atoms with Gasteiger partial charge in [-0.05, 0) is 45.7 Å². The van der Waals surface area contributed by atoms with Crippen LogP contribution in [0.2, 0.25) is 0 Å². The molecule has 0 spiro atoms. The largest absolute Gasteiger partial charge is 0.349 e. The molecule has 0 aromatic rings. The Morgan fingerprint density at radius 1 is 0.957 bits per heavy atom. The minimum Gasteiger partial charge on any atom is -0.349 e. The molecule has 0 N–H and O–H groups in total. The Kier molecular flexibility index (Phi) is 6.45. The molecule has 0 aromatic carbocycles. The molecule has 5 heteroatoms. The third-order valence-corrected chi connectivity index (χ3v) is 5.69. The van der Waals surface area contributed by atoms with Gasteiger partial charge in [0.2, 0.25) is 11.8 Å². The average Bonchev–Trinajstić information content (AvgIpc) is 2.60. The zero-order chi connectivity index (χ0) is 17.0. The molecule has 1 saturated carbocycles. The van der Waals surface area contributed by atoms with Crippen LogP contribution in [-0.4, -0.2) is 72.8 Å². The summed E-state index contributed by atoms with van der Waals surface area (Å²) in [5.41, 5.74) is 0. The quantitative estimate of drug-likeness (QED) is 0.794. The first-order valence-electron chi connectivity index (χ1n) is 9.13. The van der Waals surface area contributed by atoms with Crippen LogP contribution in [0, 0.1) is 5.92 Å². The van der Waals surface area contributed by atoms with Gasteiger partial charge in [-0.25, -0.2) is 0 Å². The molecule has 0 radical (unpaired) electrons. The van der Waals surface area contributed by atoms with Gasteiger partial charge in [0.05, 0.1) is 6.04 Å². The number of likely N-dealkylation sites (N-methyl/N-ethyl adjacent to an activating group) is 1. The van der Waals surface area contributed by atoms with Crippen molar-refractivity contribution in [1.82, 2.24) is 14.7 Å². The van der Waals surface area contributed by atoms with Crippen LogP contribution in [0.15, 0.2) is 0 Å². The second-order valence-corrected chi connectivity index (χ2v) is 7.46. The lowest BCUT2D eigenvalue weighted by atomic mass is 9.93. The number of carbonyl (C=O) groups excluding carboxylic acids is 2. The lowest BCUT2D eigenvalue weighted by Gasteiger charge is -2.39. The topological polar surface area (TPSA) is 43.9 Å². The van der Waals surface area contributed by atoms with E-state index in [0.29, 0.717) is 6.04 Å². The van der Waals surface area contributed by atoms with Crippen molar-refractivity contribution >= 4 is 11.8 Å². The molecule has 1 atom stereocenters. The van der Waals surface area contributed by atoms with Gasteiger partial charge in [-0.2, -0.15) is 0 Å². The molecule has 132 valence electrons. The molecule has 2 amide bonds. The first-order chi connectivity index (χ1) is 10.9. The highest BCUT2D eigenvalue weighted by atomic mass is 16.2. The number of likely N-dealkylation sites (tertiary alicyclic amines) is 1. The molecule has 1 aliphatic heterocycles. The highest BCUT2D eigenvalue weighted by molar-refractivity contribution is 5.82. The summed E-state index contributed by atoms with van der Waals surface area (Å²) in [6, 6.07) is 0.351. The summed E-state index contributed by atoms with van der Waals surface area (Å²) in [4.78, 5) is 30.8. The van der Waals surface area contributed by atoms with E-state index in [1.165, 1.54) is 19.3 Å². The molecular weight excluding hydrogens is 290 g/mol. The Labute approximate surface area is 141 Å². The Hall–Kier alpha value is -1.10. The molecule has 1 heterocycles. The van der Waals surface area contributed by atoms with E-state index < -0.39 is 0 Å². The van der Waals surface area contributed by atoms with Crippen LogP contribution in [0.4, 0.5) is 0 Å². The van der Waals surface area contributed by atoms with Gasteiger partial charge in [0.15, 0.2) is 0 Å². The summed E-state index contributed by atoms with van der Waals surface area (Å²) in [5, 5.41) is 0. The average molecular weight is 323 g/mol. The van der Waals surface area contributed by atoms with Crippen LogP contribution in [0.25, 0.3) is 0 Å². The number of rotatable bonds is 4. The third-order valence-electron chi connectivity index (χ3n) is 5.69. The molecule has 0 bridgehead atoms. The standard InChI is InChI=1S/C18H33N3O2/c1-14(17(22)20(4)16-8-6-5-7-9-16)21-12-10-15(11-13-21)18(23)19(2)3/h14-16H,5-13H2,1-4H3. The minimum atomic E-state index is -0.0719. The number of nitrogens with zero attached hydrogens (tertiary/aromatic N) is 3. The molecule has 2 fully saturated rings. The van der Waals surface area contributed by atoms with Crippen LogP contribution in [-0.2, 0) is 9.59 Å². The SMILES string of the molecule is CC(C(=O)N(C)C1CCCCC1)N1CCC(C(=O)N(C)C)CC1. The van der Waals surface area contributed by atoms with E-state index in [4.69, 9.17) is 0 Å².